The summed E-state index contributed by atoms with van der Waals surface area (Å²) >= 11 is 3.55. The van der Waals surface area contributed by atoms with Gasteiger partial charge in [-0.15, -0.1) is 0 Å². The minimum Gasteiger partial charge on any atom is -0.444 e. The largest absolute Gasteiger partial charge is 0.444 e. The Bertz CT molecular complexity index is 493. The van der Waals surface area contributed by atoms with Gasteiger partial charge in [-0.2, -0.15) is 0 Å². The molecule has 1 amide bonds. The molecule has 4 nitrogen and oxygen atoms in total. The van der Waals surface area contributed by atoms with Crippen LogP contribution < -0.4 is 5.32 Å². The van der Waals surface area contributed by atoms with E-state index >= 15 is 0 Å². The number of benzene rings is 1. The molecule has 0 aromatic heterocycles. The molecule has 116 valence electrons. The van der Waals surface area contributed by atoms with Crippen LogP contribution in [0.5, 0.6) is 0 Å². The van der Waals surface area contributed by atoms with Crippen LogP contribution in [-0.2, 0) is 11.2 Å². The van der Waals surface area contributed by atoms with Gasteiger partial charge in [0, 0.05) is 23.6 Å². The molecule has 1 aromatic carbocycles. The number of hydrogen-bond donors (Lipinski definition) is 1. The molecular weight excluding hydrogens is 332 g/mol. The van der Waals surface area contributed by atoms with Crippen LogP contribution in [0.25, 0.3) is 0 Å². The third-order valence-electron chi connectivity index (χ3n) is 3.32. The second kappa shape index (κ2) is 6.79. The van der Waals surface area contributed by atoms with Crippen molar-refractivity contribution in [3.63, 3.8) is 0 Å². The lowest BCUT2D eigenvalue weighted by Crippen LogP contribution is -2.60. The summed E-state index contributed by atoms with van der Waals surface area (Å²) in [5.74, 6) is 0. The van der Waals surface area contributed by atoms with Gasteiger partial charge in [0.1, 0.15) is 5.60 Å². The summed E-state index contributed by atoms with van der Waals surface area (Å²) in [5, 5.41) is 3.47. The molecule has 2 rings (SSSR count). The molecule has 1 aliphatic rings. The summed E-state index contributed by atoms with van der Waals surface area (Å²) in [5.41, 5.74) is 0.878. The number of likely N-dealkylation sites (tertiary alicyclic amines) is 1. The van der Waals surface area contributed by atoms with Gasteiger partial charge in [-0.3, -0.25) is 0 Å². The molecule has 1 aromatic rings. The Morgan fingerprint density at radius 1 is 1.38 bits per heavy atom. The van der Waals surface area contributed by atoms with Crippen molar-refractivity contribution in [2.45, 2.75) is 38.8 Å². The molecule has 1 N–H and O–H groups in total. The van der Waals surface area contributed by atoms with Gasteiger partial charge in [0.15, 0.2) is 0 Å². The standard InChI is InChI=1S/C16H23BrN2O2/c1-16(2,3)21-15(20)19-10-13(11-19)18-9-8-12-6-4-5-7-14(12)17/h4-7,13,18H,8-11H2,1-3H3. The third-order valence-corrected chi connectivity index (χ3v) is 4.09. The topological polar surface area (TPSA) is 41.6 Å². The normalized spacial score (nSPS) is 15.7. The van der Waals surface area contributed by atoms with Gasteiger partial charge in [0.2, 0.25) is 0 Å². The average Bonchev–Trinajstić information content (AvgIpc) is 2.31. The van der Waals surface area contributed by atoms with Crippen LogP contribution in [0.3, 0.4) is 0 Å². The number of halogens is 1. The minimum absolute atomic E-state index is 0.216. The molecule has 0 aliphatic carbocycles. The van der Waals surface area contributed by atoms with Crippen molar-refractivity contribution in [2.75, 3.05) is 19.6 Å². The number of carbonyl (C=O) groups excluding carboxylic acids is 1. The zero-order valence-electron chi connectivity index (χ0n) is 12.9. The lowest BCUT2D eigenvalue weighted by molar-refractivity contribution is 0.00542. The fourth-order valence-corrected chi connectivity index (χ4v) is 2.68. The van der Waals surface area contributed by atoms with E-state index in [4.69, 9.17) is 4.74 Å². The van der Waals surface area contributed by atoms with Gasteiger partial charge >= 0.3 is 6.09 Å². The maximum atomic E-state index is 11.8. The van der Waals surface area contributed by atoms with Crippen LogP contribution in [0, 0.1) is 0 Å². The molecule has 5 heteroatoms. The molecule has 21 heavy (non-hydrogen) atoms. The van der Waals surface area contributed by atoms with Gasteiger partial charge in [-0.1, -0.05) is 34.1 Å². The van der Waals surface area contributed by atoms with Crippen LogP contribution in [0.2, 0.25) is 0 Å². The lowest BCUT2D eigenvalue weighted by atomic mass is 10.1. The molecule has 0 saturated carbocycles. The quantitative estimate of drug-likeness (QED) is 0.902. The van der Waals surface area contributed by atoms with Crippen LogP contribution in [0.15, 0.2) is 28.7 Å². The van der Waals surface area contributed by atoms with E-state index in [1.54, 1.807) is 4.90 Å². The van der Waals surface area contributed by atoms with Gasteiger partial charge in [-0.25, -0.2) is 4.79 Å². The predicted octanol–water partition coefficient (Wildman–Crippen LogP) is 3.20. The first-order valence-corrected chi connectivity index (χ1v) is 8.09. The van der Waals surface area contributed by atoms with Crippen molar-refractivity contribution in [2.24, 2.45) is 0 Å². The van der Waals surface area contributed by atoms with Crippen molar-refractivity contribution >= 4 is 22.0 Å². The molecule has 1 saturated heterocycles. The summed E-state index contributed by atoms with van der Waals surface area (Å²) in [6.07, 6.45) is 0.760. The number of ether oxygens (including phenoxy) is 1. The SMILES string of the molecule is CC(C)(C)OC(=O)N1CC(NCCc2ccccc2Br)C1. The van der Waals surface area contributed by atoms with E-state index in [1.165, 1.54) is 5.56 Å². The predicted molar refractivity (Wildman–Crippen MR) is 87.4 cm³/mol. The first-order valence-electron chi connectivity index (χ1n) is 7.30. The molecule has 0 radical (unpaired) electrons. The van der Waals surface area contributed by atoms with Gasteiger partial charge in [0.25, 0.3) is 0 Å². The number of amides is 1. The molecular formula is C16H23BrN2O2. The fraction of sp³-hybridized carbons (Fsp3) is 0.562. The minimum atomic E-state index is -0.421. The van der Waals surface area contributed by atoms with Crippen LogP contribution in [-0.4, -0.2) is 42.3 Å². The summed E-state index contributed by atoms with van der Waals surface area (Å²) in [6.45, 7) is 8.03. The highest BCUT2D eigenvalue weighted by Gasteiger charge is 2.33. The maximum Gasteiger partial charge on any atom is 0.410 e. The van der Waals surface area contributed by atoms with Crippen molar-refractivity contribution in [1.82, 2.24) is 10.2 Å². The van der Waals surface area contributed by atoms with Crippen LogP contribution in [0.4, 0.5) is 4.79 Å². The first kappa shape index (κ1) is 16.3. The summed E-state index contributed by atoms with van der Waals surface area (Å²) in [4.78, 5) is 13.5. The Hall–Kier alpha value is -1.07. The maximum absolute atomic E-state index is 11.8. The van der Waals surface area contributed by atoms with Gasteiger partial charge < -0.3 is 15.0 Å². The highest BCUT2D eigenvalue weighted by molar-refractivity contribution is 9.10. The first-order chi connectivity index (χ1) is 9.85. The molecule has 0 atom stereocenters. The Kier molecular flexibility index (Phi) is 5.27. The fourth-order valence-electron chi connectivity index (χ4n) is 2.20. The second-order valence-electron chi connectivity index (χ2n) is 6.38. The third kappa shape index (κ3) is 5.00. The summed E-state index contributed by atoms with van der Waals surface area (Å²) in [6, 6.07) is 8.63. The van der Waals surface area contributed by atoms with Crippen LogP contribution in [0.1, 0.15) is 26.3 Å². The molecule has 0 spiro atoms. The number of hydrogen-bond acceptors (Lipinski definition) is 3. The lowest BCUT2D eigenvalue weighted by Gasteiger charge is -2.40. The number of rotatable bonds is 4. The van der Waals surface area contributed by atoms with E-state index in [-0.39, 0.29) is 6.09 Å². The van der Waals surface area contributed by atoms with Gasteiger partial charge in [-0.05, 0) is 45.4 Å². The highest BCUT2D eigenvalue weighted by Crippen LogP contribution is 2.17. The molecule has 1 fully saturated rings. The van der Waals surface area contributed by atoms with E-state index < -0.39 is 5.60 Å². The molecule has 1 aliphatic heterocycles. The smallest absolute Gasteiger partial charge is 0.410 e. The Morgan fingerprint density at radius 2 is 2.05 bits per heavy atom. The Balaban J connectivity index is 1.65. The zero-order chi connectivity index (χ0) is 15.5. The van der Waals surface area contributed by atoms with Crippen molar-refractivity contribution in [1.29, 1.82) is 0 Å². The van der Waals surface area contributed by atoms with Crippen molar-refractivity contribution in [3.8, 4) is 0 Å². The Morgan fingerprint density at radius 3 is 2.67 bits per heavy atom. The Labute approximate surface area is 135 Å². The number of nitrogens with zero attached hydrogens (tertiary/aromatic N) is 1. The highest BCUT2D eigenvalue weighted by atomic mass is 79.9. The van der Waals surface area contributed by atoms with E-state index in [0.29, 0.717) is 6.04 Å². The summed E-state index contributed by atoms with van der Waals surface area (Å²) < 4.78 is 6.48. The van der Waals surface area contributed by atoms with Crippen LogP contribution >= 0.6 is 15.9 Å². The van der Waals surface area contributed by atoms with E-state index in [1.807, 2.05) is 32.9 Å². The average molecular weight is 355 g/mol. The van der Waals surface area contributed by atoms with E-state index in [2.05, 4.69) is 33.4 Å². The number of carbonyl (C=O) groups is 1. The molecule has 0 unspecified atom stereocenters. The van der Waals surface area contributed by atoms with Gasteiger partial charge in [0.05, 0.1) is 0 Å². The van der Waals surface area contributed by atoms with E-state index in [9.17, 15) is 4.79 Å². The number of nitrogens with one attached hydrogen (secondary N) is 1. The molecule has 0 bridgehead atoms. The molecule has 1 heterocycles. The monoisotopic (exact) mass is 354 g/mol. The second-order valence-corrected chi connectivity index (χ2v) is 7.23. The van der Waals surface area contributed by atoms with Crippen molar-refractivity contribution < 1.29 is 9.53 Å². The summed E-state index contributed by atoms with van der Waals surface area (Å²) in [7, 11) is 0. The van der Waals surface area contributed by atoms with E-state index in [0.717, 1.165) is 30.5 Å². The zero-order valence-corrected chi connectivity index (χ0v) is 14.4. The van der Waals surface area contributed by atoms with Crippen molar-refractivity contribution in [3.05, 3.63) is 34.3 Å².